The number of carboxylic acids is 1. The van der Waals surface area contributed by atoms with Gasteiger partial charge in [0.05, 0.1) is 0 Å². The average molecular weight is 259 g/mol. The first-order chi connectivity index (χ1) is 9.24. The van der Waals surface area contributed by atoms with Gasteiger partial charge in [-0.15, -0.1) is 0 Å². The van der Waals surface area contributed by atoms with Crippen molar-refractivity contribution in [2.75, 3.05) is 0 Å². The van der Waals surface area contributed by atoms with E-state index in [0.717, 1.165) is 18.4 Å². The number of benzene rings is 1. The van der Waals surface area contributed by atoms with Crippen LogP contribution >= 0.6 is 0 Å². The van der Waals surface area contributed by atoms with E-state index in [0.29, 0.717) is 12.0 Å². The maximum Gasteiger partial charge on any atom is 0.325 e. The van der Waals surface area contributed by atoms with E-state index in [1.54, 1.807) is 0 Å². The lowest BCUT2D eigenvalue weighted by molar-refractivity contribution is -0.139. The van der Waals surface area contributed by atoms with Crippen molar-refractivity contribution in [1.29, 1.82) is 0 Å². The molecule has 0 radical (unpaired) electrons. The first kappa shape index (κ1) is 12.7. The summed E-state index contributed by atoms with van der Waals surface area (Å²) in [6, 6.07) is 7.95. The van der Waals surface area contributed by atoms with E-state index < -0.39 is 12.0 Å². The van der Waals surface area contributed by atoms with Gasteiger partial charge in [-0.2, -0.15) is 0 Å². The van der Waals surface area contributed by atoms with Crippen LogP contribution in [0.15, 0.2) is 24.3 Å². The maximum atomic E-state index is 11.5. The van der Waals surface area contributed by atoms with E-state index in [-0.39, 0.29) is 0 Å². The molecule has 2 aliphatic carbocycles. The Hall–Kier alpha value is -1.35. The van der Waals surface area contributed by atoms with Crippen LogP contribution in [0.4, 0.5) is 0 Å². The summed E-state index contributed by atoms with van der Waals surface area (Å²) >= 11 is 0. The fourth-order valence-corrected chi connectivity index (χ4v) is 3.05. The van der Waals surface area contributed by atoms with Gasteiger partial charge in [0.2, 0.25) is 0 Å². The fraction of sp³-hybridized carbons (Fsp3) is 0.562. The molecule has 3 rings (SSSR count). The first-order valence-corrected chi connectivity index (χ1v) is 7.33. The normalized spacial score (nSPS) is 21.5. The number of hydrogen-bond donors (Lipinski definition) is 2. The summed E-state index contributed by atoms with van der Waals surface area (Å²) in [5.41, 5.74) is 2.21. The first-order valence-electron chi connectivity index (χ1n) is 7.33. The largest absolute Gasteiger partial charge is 0.480 e. The van der Waals surface area contributed by atoms with Gasteiger partial charge in [-0.1, -0.05) is 37.1 Å². The van der Waals surface area contributed by atoms with Crippen molar-refractivity contribution in [3.63, 3.8) is 0 Å². The second-order valence-electron chi connectivity index (χ2n) is 5.86. The van der Waals surface area contributed by atoms with Gasteiger partial charge in [0.25, 0.3) is 0 Å². The van der Waals surface area contributed by atoms with E-state index in [4.69, 9.17) is 0 Å². The van der Waals surface area contributed by atoms with Crippen molar-refractivity contribution in [3.8, 4) is 0 Å². The Morgan fingerprint density at radius 1 is 1.21 bits per heavy atom. The molecule has 0 spiro atoms. The zero-order chi connectivity index (χ0) is 13.2. The van der Waals surface area contributed by atoms with Crippen molar-refractivity contribution < 1.29 is 9.90 Å². The van der Waals surface area contributed by atoms with Gasteiger partial charge in [-0.25, -0.2) is 0 Å². The number of aliphatic carboxylic acids is 1. The zero-order valence-electron chi connectivity index (χ0n) is 11.1. The smallest absolute Gasteiger partial charge is 0.325 e. The third kappa shape index (κ3) is 2.98. The number of carbonyl (C=O) groups is 1. The summed E-state index contributed by atoms with van der Waals surface area (Å²) in [6.07, 6.45) is 7.13. The van der Waals surface area contributed by atoms with Gasteiger partial charge >= 0.3 is 5.97 Å². The van der Waals surface area contributed by atoms with Crippen LogP contribution < -0.4 is 5.32 Å². The molecule has 3 heteroatoms. The third-order valence-corrected chi connectivity index (χ3v) is 4.30. The summed E-state index contributed by atoms with van der Waals surface area (Å²) in [6.45, 7) is 0. The van der Waals surface area contributed by atoms with Crippen LogP contribution in [0.2, 0.25) is 0 Å². The highest BCUT2D eigenvalue weighted by molar-refractivity contribution is 5.75. The van der Waals surface area contributed by atoms with Gasteiger partial charge in [0.15, 0.2) is 0 Å². The molecule has 2 saturated carbocycles. The molecule has 0 bridgehead atoms. The molecule has 0 saturated heterocycles. The highest BCUT2D eigenvalue weighted by Gasteiger charge is 2.28. The predicted octanol–water partition coefficient (Wildman–Crippen LogP) is 3.22. The minimum atomic E-state index is -0.764. The molecule has 1 atom stereocenters. The number of rotatable bonds is 5. The van der Waals surface area contributed by atoms with E-state index in [9.17, 15) is 9.90 Å². The van der Waals surface area contributed by atoms with Crippen LogP contribution in [0.5, 0.6) is 0 Å². The van der Waals surface area contributed by atoms with Gasteiger partial charge in [-0.3, -0.25) is 10.1 Å². The Kier molecular flexibility index (Phi) is 3.56. The lowest BCUT2D eigenvalue weighted by atomic mass is 10.0. The molecule has 2 aliphatic rings. The molecule has 1 aromatic carbocycles. The monoisotopic (exact) mass is 259 g/mol. The number of carboxylic acid groups (broad SMARTS) is 1. The van der Waals surface area contributed by atoms with E-state index in [1.165, 1.54) is 31.2 Å². The Morgan fingerprint density at radius 3 is 2.58 bits per heavy atom. The van der Waals surface area contributed by atoms with Crippen molar-refractivity contribution in [2.45, 2.75) is 56.5 Å². The fourth-order valence-electron chi connectivity index (χ4n) is 3.05. The minimum Gasteiger partial charge on any atom is -0.480 e. The minimum absolute atomic E-state index is 0.366. The molecule has 0 heterocycles. The van der Waals surface area contributed by atoms with Crippen molar-refractivity contribution in [3.05, 3.63) is 35.4 Å². The maximum absolute atomic E-state index is 11.5. The average Bonchev–Trinajstić information content (AvgIpc) is 3.14. The number of nitrogens with one attached hydrogen (secondary N) is 1. The van der Waals surface area contributed by atoms with Crippen LogP contribution in [0.1, 0.15) is 61.6 Å². The summed E-state index contributed by atoms with van der Waals surface area (Å²) in [5.74, 6) is -0.0966. The summed E-state index contributed by atoms with van der Waals surface area (Å²) in [5, 5.41) is 12.8. The third-order valence-electron chi connectivity index (χ3n) is 4.30. The lowest BCUT2D eigenvalue weighted by Crippen LogP contribution is -2.35. The summed E-state index contributed by atoms with van der Waals surface area (Å²) < 4.78 is 0. The number of hydrogen-bond acceptors (Lipinski definition) is 2. The Bertz CT molecular complexity index is 462. The van der Waals surface area contributed by atoms with E-state index >= 15 is 0 Å². The summed E-state index contributed by atoms with van der Waals surface area (Å²) in [4.78, 5) is 11.5. The molecule has 0 aliphatic heterocycles. The second kappa shape index (κ2) is 5.33. The molecule has 2 fully saturated rings. The van der Waals surface area contributed by atoms with Gasteiger partial charge < -0.3 is 5.11 Å². The van der Waals surface area contributed by atoms with Gasteiger partial charge in [0, 0.05) is 6.04 Å². The van der Waals surface area contributed by atoms with Crippen molar-refractivity contribution in [2.24, 2.45) is 0 Å². The van der Waals surface area contributed by atoms with Crippen LogP contribution in [0.25, 0.3) is 0 Å². The van der Waals surface area contributed by atoms with Crippen LogP contribution in [-0.4, -0.2) is 17.1 Å². The predicted molar refractivity (Wildman–Crippen MR) is 74.2 cm³/mol. The van der Waals surface area contributed by atoms with Crippen LogP contribution in [-0.2, 0) is 4.79 Å². The second-order valence-corrected chi connectivity index (χ2v) is 5.86. The van der Waals surface area contributed by atoms with E-state index in [2.05, 4.69) is 17.4 Å². The SMILES string of the molecule is O=C(O)C(NC1CCCC1)c1cccc(C2CC2)c1. The molecular formula is C16H21NO2. The Morgan fingerprint density at radius 2 is 1.95 bits per heavy atom. The van der Waals surface area contributed by atoms with Gasteiger partial charge in [-0.05, 0) is 42.7 Å². The molecule has 3 nitrogen and oxygen atoms in total. The molecule has 2 N–H and O–H groups in total. The van der Waals surface area contributed by atoms with Crippen LogP contribution in [0.3, 0.4) is 0 Å². The van der Waals surface area contributed by atoms with Crippen molar-refractivity contribution in [1.82, 2.24) is 5.32 Å². The van der Waals surface area contributed by atoms with Crippen LogP contribution in [0, 0.1) is 0 Å². The standard InChI is InChI=1S/C16H21NO2/c18-16(19)15(17-14-6-1-2-7-14)13-5-3-4-12(10-13)11-8-9-11/h3-5,10-11,14-15,17H,1-2,6-9H2,(H,18,19). The molecule has 0 aromatic heterocycles. The molecule has 102 valence electrons. The highest BCUT2D eigenvalue weighted by Crippen LogP contribution is 2.40. The molecule has 0 amide bonds. The Labute approximate surface area is 114 Å². The zero-order valence-corrected chi connectivity index (χ0v) is 11.1. The topological polar surface area (TPSA) is 49.3 Å². The Balaban J connectivity index is 1.78. The van der Waals surface area contributed by atoms with E-state index in [1.807, 2.05) is 12.1 Å². The molecule has 19 heavy (non-hydrogen) atoms. The highest BCUT2D eigenvalue weighted by atomic mass is 16.4. The van der Waals surface area contributed by atoms with Gasteiger partial charge in [0.1, 0.15) is 6.04 Å². The molecule has 1 aromatic rings. The summed E-state index contributed by atoms with van der Waals surface area (Å²) in [7, 11) is 0. The quantitative estimate of drug-likeness (QED) is 0.853. The lowest BCUT2D eigenvalue weighted by Gasteiger charge is -2.20. The molecular weight excluding hydrogens is 238 g/mol. The van der Waals surface area contributed by atoms with Crippen molar-refractivity contribution >= 4 is 5.97 Å². The molecule has 1 unspecified atom stereocenters.